The van der Waals surface area contributed by atoms with Crippen molar-refractivity contribution in [3.63, 3.8) is 0 Å². The molecule has 114 valence electrons. The van der Waals surface area contributed by atoms with Crippen LogP contribution in [0.25, 0.3) is 0 Å². The lowest BCUT2D eigenvalue weighted by Crippen LogP contribution is -2.26. The van der Waals surface area contributed by atoms with Gasteiger partial charge in [-0.25, -0.2) is 0 Å². The van der Waals surface area contributed by atoms with Crippen LogP contribution in [-0.4, -0.2) is 40.7 Å². The summed E-state index contributed by atoms with van der Waals surface area (Å²) in [4.78, 5) is 0. The molecule has 0 aromatic carbocycles. The molecule has 0 radical (unpaired) electrons. The molecule has 0 aliphatic heterocycles. The van der Waals surface area contributed by atoms with Gasteiger partial charge >= 0.3 is 0 Å². The van der Waals surface area contributed by atoms with Crippen molar-refractivity contribution in [3.05, 3.63) is 29.7 Å². The number of rotatable bonds is 7. The smallest absolute Gasteiger partial charge is 0.233 e. The minimum atomic E-state index is -0.134. The van der Waals surface area contributed by atoms with Gasteiger partial charge in [-0.1, -0.05) is 6.92 Å². The fourth-order valence-corrected chi connectivity index (χ4v) is 2.14. The van der Waals surface area contributed by atoms with Crippen LogP contribution in [0.2, 0.25) is 0 Å². The summed E-state index contributed by atoms with van der Waals surface area (Å²) in [6.45, 7) is 2.97. The third-order valence-electron chi connectivity index (χ3n) is 3.21. The van der Waals surface area contributed by atoms with Gasteiger partial charge in [0.05, 0.1) is 32.2 Å². The van der Waals surface area contributed by atoms with Gasteiger partial charge in [0.25, 0.3) is 0 Å². The van der Waals surface area contributed by atoms with Crippen LogP contribution in [0.4, 0.5) is 0 Å². The number of nitrogens with zero attached hydrogens (tertiary/aromatic N) is 4. The van der Waals surface area contributed by atoms with Crippen LogP contribution in [0.1, 0.15) is 30.8 Å². The van der Waals surface area contributed by atoms with E-state index in [0.717, 1.165) is 30.1 Å². The van der Waals surface area contributed by atoms with Crippen molar-refractivity contribution in [2.45, 2.75) is 19.4 Å². The third kappa shape index (κ3) is 3.30. The first-order chi connectivity index (χ1) is 10.2. The van der Waals surface area contributed by atoms with Crippen LogP contribution in [0.5, 0.6) is 11.6 Å². The molecule has 0 saturated heterocycles. The predicted octanol–water partition coefficient (Wildman–Crippen LogP) is 1.32. The Morgan fingerprint density at radius 3 is 2.62 bits per heavy atom. The molecule has 0 saturated carbocycles. The second-order valence-corrected chi connectivity index (χ2v) is 4.61. The van der Waals surface area contributed by atoms with E-state index in [1.54, 1.807) is 31.2 Å². The number of methoxy groups -OCH3 is 2. The van der Waals surface area contributed by atoms with Crippen LogP contribution < -0.4 is 14.8 Å². The highest BCUT2D eigenvalue weighted by Gasteiger charge is 2.23. The molecule has 1 unspecified atom stereocenters. The van der Waals surface area contributed by atoms with Crippen molar-refractivity contribution in [2.75, 3.05) is 20.8 Å². The van der Waals surface area contributed by atoms with Gasteiger partial charge in [0.2, 0.25) is 5.88 Å². The first-order valence-corrected chi connectivity index (χ1v) is 6.88. The summed E-state index contributed by atoms with van der Waals surface area (Å²) in [6, 6.07) is 3.56. The molecule has 0 aliphatic rings. The van der Waals surface area contributed by atoms with E-state index in [0.29, 0.717) is 5.88 Å². The molecule has 21 heavy (non-hydrogen) atoms. The fraction of sp³-hybridized carbons (Fsp3) is 0.500. The minimum Gasteiger partial charge on any atom is -0.493 e. The van der Waals surface area contributed by atoms with Gasteiger partial charge in [-0.2, -0.15) is 5.10 Å². The Labute approximate surface area is 124 Å². The van der Waals surface area contributed by atoms with E-state index in [1.807, 2.05) is 13.1 Å². The Morgan fingerprint density at radius 2 is 2.05 bits per heavy atom. The summed E-state index contributed by atoms with van der Waals surface area (Å²) in [5.74, 6) is 1.22. The summed E-state index contributed by atoms with van der Waals surface area (Å²) in [6.07, 6.45) is 2.72. The molecular weight excluding hydrogens is 270 g/mol. The average Bonchev–Trinajstić information content (AvgIpc) is 2.89. The minimum absolute atomic E-state index is 0.134. The van der Waals surface area contributed by atoms with Crippen LogP contribution >= 0.6 is 0 Å². The van der Waals surface area contributed by atoms with Gasteiger partial charge < -0.3 is 14.8 Å². The summed E-state index contributed by atoms with van der Waals surface area (Å²) in [5.41, 5.74) is 1.72. The number of aromatic nitrogens is 4. The molecule has 1 N–H and O–H groups in total. The van der Waals surface area contributed by atoms with E-state index in [-0.39, 0.29) is 6.04 Å². The number of hydrogen-bond donors (Lipinski definition) is 1. The Morgan fingerprint density at radius 1 is 1.24 bits per heavy atom. The Kier molecular flexibility index (Phi) is 5.10. The van der Waals surface area contributed by atoms with Gasteiger partial charge in [0, 0.05) is 13.1 Å². The van der Waals surface area contributed by atoms with Gasteiger partial charge in [-0.3, -0.25) is 4.68 Å². The Hall–Kier alpha value is -2.15. The first kappa shape index (κ1) is 15.2. The van der Waals surface area contributed by atoms with Gasteiger partial charge in [-0.05, 0) is 19.0 Å². The lowest BCUT2D eigenvalue weighted by atomic mass is 10.1. The monoisotopic (exact) mass is 291 g/mol. The molecule has 0 amide bonds. The summed E-state index contributed by atoms with van der Waals surface area (Å²) < 4.78 is 12.2. The van der Waals surface area contributed by atoms with E-state index in [2.05, 4.69) is 27.5 Å². The number of ether oxygens (including phenoxy) is 2. The van der Waals surface area contributed by atoms with E-state index < -0.39 is 0 Å². The maximum atomic E-state index is 5.40. The van der Waals surface area contributed by atoms with E-state index in [9.17, 15) is 0 Å². The third-order valence-corrected chi connectivity index (χ3v) is 3.21. The van der Waals surface area contributed by atoms with Crippen molar-refractivity contribution >= 4 is 0 Å². The van der Waals surface area contributed by atoms with Crippen LogP contribution in [-0.2, 0) is 7.05 Å². The first-order valence-electron chi connectivity index (χ1n) is 6.88. The average molecular weight is 291 g/mol. The molecule has 2 rings (SSSR count). The topological polar surface area (TPSA) is 74.1 Å². The molecule has 1 atom stereocenters. The van der Waals surface area contributed by atoms with E-state index in [4.69, 9.17) is 9.47 Å². The lowest BCUT2D eigenvalue weighted by molar-refractivity contribution is 0.387. The molecule has 0 spiro atoms. The summed E-state index contributed by atoms with van der Waals surface area (Å²) in [7, 11) is 5.09. The Balaban J connectivity index is 2.39. The van der Waals surface area contributed by atoms with Crippen LogP contribution in [0, 0.1) is 0 Å². The maximum Gasteiger partial charge on any atom is 0.233 e. The normalized spacial score (nSPS) is 12.2. The highest BCUT2D eigenvalue weighted by Crippen LogP contribution is 2.28. The van der Waals surface area contributed by atoms with Crippen molar-refractivity contribution in [1.82, 2.24) is 25.3 Å². The van der Waals surface area contributed by atoms with E-state index >= 15 is 0 Å². The zero-order chi connectivity index (χ0) is 15.2. The van der Waals surface area contributed by atoms with Crippen LogP contribution in [0.3, 0.4) is 0 Å². The second-order valence-electron chi connectivity index (χ2n) is 4.61. The number of aryl methyl sites for hydroxylation is 1. The maximum absolute atomic E-state index is 5.40. The van der Waals surface area contributed by atoms with Crippen LogP contribution in [0.15, 0.2) is 18.3 Å². The molecule has 2 aromatic rings. The summed E-state index contributed by atoms with van der Waals surface area (Å²) >= 11 is 0. The van der Waals surface area contributed by atoms with Crippen molar-refractivity contribution in [2.24, 2.45) is 7.05 Å². The highest BCUT2D eigenvalue weighted by atomic mass is 16.5. The zero-order valence-electron chi connectivity index (χ0n) is 12.8. The zero-order valence-corrected chi connectivity index (χ0v) is 12.8. The Bertz CT molecular complexity index is 567. The SMILES string of the molecule is CCCNC(c1ccc(OC)nn1)c1c(OC)cnn1C. The van der Waals surface area contributed by atoms with Crippen molar-refractivity contribution < 1.29 is 9.47 Å². The van der Waals surface area contributed by atoms with Gasteiger partial charge in [0.15, 0.2) is 5.75 Å². The highest BCUT2D eigenvalue weighted by molar-refractivity contribution is 5.34. The number of nitrogens with one attached hydrogen (secondary N) is 1. The molecule has 0 fully saturated rings. The standard InChI is InChI=1S/C14H21N5O2/c1-5-8-15-13(10-6-7-12(21-4)18-17-10)14-11(20-3)9-16-19(14)2/h6-7,9,13,15H,5,8H2,1-4H3. The lowest BCUT2D eigenvalue weighted by Gasteiger charge is -2.19. The second kappa shape index (κ2) is 7.03. The number of hydrogen-bond acceptors (Lipinski definition) is 6. The van der Waals surface area contributed by atoms with E-state index in [1.165, 1.54) is 0 Å². The molecule has 7 heteroatoms. The van der Waals surface area contributed by atoms with Crippen molar-refractivity contribution in [3.8, 4) is 11.6 Å². The molecule has 0 aliphatic carbocycles. The molecule has 7 nitrogen and oxygen atoms in total. The van der Waals surface area contributed by atoms with Gasteiger partial charge in [-0.15, -0.1) is 10.2 Å². The quantitative estimate of drug-likeness (QED) is 0.829. The largest absolute Gasteiger partial charge is 0.493 e. The van der Waals surface area contributed by atoms with Crippen molar-refractivity contribution in [1.29, 1.82) is 0 Å². The fourth-order valence-electron chi connectivity index (χ4n) is 2.14. The molecular formula is C14H21N5O2. The van der Waals surface area contributed by atoms with Gasteiger partial charge in [0.1, 0.15) is 5.69 Å². The molecule has 2 aromatic heterocycles. The summed E-state index contributed by atoms with van der Waals surface area (Å²) in [5, 5.41) is 16.0. The molecule has 2 heterocycles. The predicted molar refractivity (Wildman–Crippen MR) is 78.5 cm³/mol. The molecule has 0 bridgehead atoms.